The number of hydrogen-bond donors (Lipinski definition) is 1. The van der Waals surface area contributed by atoms with Crippen LogP contribution >= 0.6 is 11.8 Å². The quantitative estimate of drug-likeness (QED) is 0.104. The Labute approximate surface area is 329 Å². The zero-order valence-corrected chi connectivity index (χ0v) is 34.0. The van der Waals surface area contributed by atoms with Gasteiger partial charge in [-0.1, -0.05) is 104 Å². The molecule has 2 heterocycles. The Morgan fingerprint density at radius 1 is 0.792 bits per heavy atom. The van der Waals surface area contributed by atoms with Crippen molar-refractivity contribution < 1.29 is 36.2 Å². The van der Waals surface area contributed by atoms with E-state index in [0.717, 1.165) is 45.4 Å². The van der Waals surface area contributed by atoms with Crippen LogP contribution in [0.3, 0.4) is 0 Å². The number of fused-ring (bicyclic) bond motifs is 2. The number of carbonyl (C=O) groups is 1. The molecule has 0 atom stereocenters. The lowest BCUT2D eigenvalue weighted by Crippen LogP contribution is -3.00. The zero-order chi connectivity index (χ0) is 36.6. The van der Waals surface area contributed by atoms with Gasteiger partial charge in [0.25, 0.3) is 0 Å². The van der Waals surface area contributed by atoms with Gasteiger partial charge in [-0.05, 0) is 57.0 Å². The maximum absolute atomic E-state index is 14.6. The first-order valence-corrected chi connectivity index (χ1v) is 19.3. The molecular weight excluding hydrogens is 740 g/mol. The molecule has 5 nitrogen and oxygen atoms in total. The summed E-state index contributed by atoms with van der Waals surface area (Å²) in [5.41, 5.74) is 12.9. The van der Waals surface area contributed by atoms with Crippen LogP contribution in [-0.4, -0.2) is 47.5 Å². The van der Waals surface area contributed by atoms with Crippen molar-refractivity contribution in [2.45, 2.75) is 64.7 Å². The van der Waals surface area contributed by atoms with E-state index < -0.39 is 0 Å². The number of carbonyl (C=O) groups excluding carboxylic acids is 1. The molecule has 0 aromatic heterocycles. The van der Waals surface area contributed by atoms with Crippen LogP contribution in [0.5, 0.6) is 0 Å². The van der Waals surface area contributed by atoms with E-state index in [1.807, 2.05) is 6.07 Å². The second kappa shape index (κ2) is 15.8. The minimum absolute atomic E-state index is 0. The number of Topliss-reactive ketones (excluding diaryl/α,β-unsaturated/α-hetero) is 1. The van der Waals surface area contributed by atoms with E-state index in [4.69, 9.17) is 4.74 Å². The number of aryl methyl sites for hydroxylation is 2. The second-order valence-electron chi connectivity index (χ2n) is 15.2. The normalized spacial score (nSPS) is 18.4. The summed E-state index contributed by atoms with van der Waals surface area (Å²) < 4.78 is 8.16. The van der Waals surface area contributed by atoms with Crippen molar-refractivity contribution in [3.8, 4) is 0 Å². The Morgan fingerprint density at radius 2 is 1.43 bits per heavy atom. The number of ether oxygens (including phenoxy) is 1. The Hall–Kier alpha value is -4.01. The lowest BCUT2D eigenvalue weighted by Gasteiger charge is -2.30. The third-order valence-corrected chi connectivity index (χ3v) is 11.9. The Kier molecular flexibility index (Phi) is 11.5. The smallest absolute Gasteiger partial charge is 0.210 e. The van der Waals surface area contributed by atoms with Gasteiger partial charge < -0.3 is 31.7 Å². The van der Waals surface area contributed by atoms with E-state index >= 15 is 0 Å². The van der Waals surface area contributed by atoms with E-state index in [0.29, 0.717) is 19.8 Å². The van der Waals surface area contributed by atoms with Gasteiger partial charge in [-0.2, -0.15) is 4.58 Å². The molecule has 0 bridgehead atoms. The van der Waals surface area contributed by atoms with Gasteiger partial charge >= 0.3 is 0 Å². The first-order chi connectivity index (χ1) is 25.0. The van der Waals surface area contributed by atoms with E-state index in [9.17, 15) is 9.90 Å². The van der Waals surface area contributed by atoms with Gasteiger partial charge in [-0.15, -0.1) is 11.8 Å². The second-order valence-corrected chi connectivity index (χ2v) is 16.2. The third kappa shape index (κ3) is 7.42. The SMILES string of the molecule is Cc1ccc2c(c1)C(C)(C)C(/C=C1/C(=O)C(/C=C3\N(CCOCCO)c4ccc(C)cc4C3(C)C)=C1SCc1ccccc1)=[N+]2Cc1ccccc1.[Br-]. The van der Waals surface area contributed by atoms with Crippen molar-refractivity contribution in [3.63, 3.8) is 0 Å². The summed E-state index contributed by atoms with van der Waals surface area (Å²) in [4.78, 5) is 18.0. The molecule has 2 aliphatic heterocycles. The van der Waals surface area contributed by atoms with Crippen LogP contribution in [0.25, 0.3) is 0 Å². The number of hydrogen-bond acceptors (Lipinski definition) is 5. The van der Waals surface area contributed by atoms with Crippen molar-refractivity contribution in [1.29, 1.82) is 0 Å². The highest BCUT2D eigenvalue weighted by Gasteiger charge is 2.47. The van der Waals surface area contributed by atoms with Gasteiger partial charge in [0.1, 0.15) is 0 Å². The number of anilines is 1. The summed E-state index contributed by atoms with van der Waals surface area (Å²) in [5, 5.41) is 9.34. The molecule has 4 aromatic rings. The van der Waals surface area contributed by atoms with Gasteiger partial charge in [0.05, 0.1) is 25.2 Å². The van der Waals surface area contributed by atoms with E-state index in [1.54, 1.807) is 11.8 Å². The molecule has 274 valence electrons. The van der Waals surface area contributed by atoms with Crippen LogP contribution in [0, 0.1) is 13.8 Å². The maximum Gasteiger partial charge on any atom is 0.210 e. The van der Waals surface area contributed by atoms with Crippen molar-refractivity contribution in [2.24, 2.45) is 0 Å². The summed E-state index contributed by atoms with van der Waals surface area (Å²) in [6.07, 6.45) is 4.34. The number of rotatable bonds is 12. The Morgan fingerprint density at radius 3 is 2.11 bits per heavy atom. The molecule has 7 rings (SSSR count). The van der Waals surface area contributed by atoms with Crippen LogP contribution in [0.1, 0.15) is 61.1 Å². The zero-order valence-electron chi connectivity index (χ0n) is 31.6. The molecule has 1 aliphatic carbocycles. The predicted molar refractivity (Wildman–Crippen MR) is 215 cm³/mol. The molecule has 0 saturated carbocycles. The highest BCUT2D eigenvalue weighted by Crippen LogP contribution is 2.51. The number of halogens is 1. The van der Waals surface area contributed by atoms with Crippen molar-refractivity contribution in [1.82, 2.24) is 0 Å². The van der Waals surface area contributed by atoms with Crippen molar-refractivity contribution in [2.75, 3.05) is 31.3 Å². The molecule has 0 saturated heterocycles. The fourth-order valence-corrected chi connectivity index (χ4v) is 8.97. The summed E-state index contributed by atoms with van der Waals surface area (Å²) in [6, 6.07) is 34.4. The van der Waals surface area contributed by atoms with Gasteiger partial charge in [0.2, 0.25) is 5.69 Å². The lowest BCUT2D eigenvalue weighted by molar-refractivity contribution is -0.455. The lowest BCUT2D eigenvalue weighted by atomic mass is 9.78. The highest BCUT2D eigenvalue weighted by atomic mass is 79.9. The summed E-state index contributed by atoms with van der Waals surface area (Å²) in [5.74, 6) is 0.846. The topological polar surface area (TPSA) is 52.8 Å². The van der Waals surface area contributed by atoms with Gasteiger partial charge in [-0.25, -0.2) is 0 Å². The number of thioether (sulfide) groups is 1. The Balaban J connectivity index is 0.00000481. The van der Waals surface area contributed by atoms with Gasteiger partial charge in [0, 0.05) is 68.4 Å². The molecule has 3 aliphatic rings. The van der Waals surface area contributed by atoms with Crippen LogP contribution in [0.4, 0.5) is 11.4 Å². The average molecular weight is 790 g/mol. The van der Waals surface area contributed by atoms with Crippen LogP contribution in [0.15, 0.2) is 131 Å². The monoisotopic (exact) mass is 788 g/mol. The third-order valence-electron chi connectivity index (χ3n) is 10.7. The highest BCUT2D eigenvalue weighted by molar-refractivity contribution is 8.02. The summed E-state index contributed by atoms with van der Waals surface area (Å²) >= 11 is 1.75. The van der Waals surface area contributed by atoms with Crippen molar-refractivity contribution >= 4 is 34.6 Å². The summed E-state index contributed by atoms with van der Waals surface area (Å²) in [7, 11) is 0. The maximum atomic E-state index is 14.6. The molecule has 0 unspecified atom stereocenters. The Bertz CT molecular complexity index is 2150. The standard InChI is InChI=1S/C46H49N2O3S.BrH/c1-31-17-19-39-37(25-31)45(3,4)41(47(39)21-23-51-24-22-49)27-35-43(50)36(44(35)52-30-34-15-11-8-12-16-34)28-42-46(5,6)38-26-32(2)18-20-40(38)48(42)29-33-13-9-7-10-14-33;/h7-20,25-28,49H,21-24,29-30H2,1-6H3;1H/q+1;/p-1. The van der Waals surface area contributed by atoms with Crippen LogP contribution < -0.4 is 21.9 Å². The molecule has 7 heteroatoms. The fourth-order valence-electron chi connectivity index (χ4n) is 7.85. The summed E-state index contributed by atoms with van der Waals surface area (Å²) in [6.45, 7) is 15.5. The molecule has 4 aromatic carbocycles. The van der Waals surface area contributed by atoms with Crippen molar-refractivity contribution in [3.05, 3.63) is 164 Å². The molecule has 53 heavy (non-hydrogen) atoms. The molecule has 0 amide bonds. The minimum Gasteiger partial charge on any atom is -1.00 e. The van der Waals surface area contributed by atoms with Gasteiger partial charge in [-0.3, -0.25) is 4.79 Å². The largest absolute Gasteiger partial charge is 1.00 e. The molecule has 0 fully saturated rings. The molecular formula is C46H49BrN2O3S. The van der Waals surface area contributed by atoms with E-state index in [1.165, 1.54) is 39.1 Å². The van der Waals surface area contributed by atoms with Gasteiger partial charge in [0.15, 0.2) is 18.0 Å². The minimum atomic E-state index is -0.325. The van der Waals surface area contributed by atoms with E-state index in [2.05, 4.69) is 154 Å². The molecule has 1 N–H and O–H groups in total. The number of aliphatic hydroxyl groups is 1. The molecule has 0 radical (unpaired) electrons. The predicted octanol–water partition coefficient (Wildman–Crippen LogP) is 6.27. The number of allylic oxidation sites excluding steroid dienone is 5. The first kappa shape index (κ1) is 38.7. The van der Waals surface area contributed by atoms with Crippen LogP contribution in [0.2, 0.25) is 0 Å². The number of ketones is 1. The first-order valence-electron chi connectivity index (χ1n) is 18.3. The number of benzene rings is 4. The van der Waals surface area contributed by atoms with Crippen LogP contribution in [-0.2, 0) is 32.7 Å². The average Bonchev–Trinajstić information content (AvgIpc) is 3.46. The fraction of sp³-hybridized carbons (Fsp3) is 0.304. The van der Waals surface area contributed by atoms with E-state index in [-0.39, 0.29) is 40.2 Å². The molecule has 0 spiro atoms. The number of nitrogens with zero attached hydrogens (tertiary/aromatic N) is 2. The number of aliphatic hydroxyl groups excluding tert-OH is 1.